The fourth-order valence-electron chi connectivity index (χ4n) is 5.53. The first-order valence-electron chi connectivity index (χ1n) is 9.06. The van der Waals surface area contributed by atoms with Crippen molar-refractivity contribution >= 4 is 0 Å². The zero-order valence-electron chi connectivity index (χ0n) is 14.6. The lowest BCUT2D eigenvalue weighted by Crippen LogP contribution is -2.72. The normalized spacial score (nSPS) is 37.0. The minimum Gasteiger partial charge on any atom is -0.504 e. The highest BCUT2D eigenvalue weighted by molar-refractivity contribution is 5.61. The second-order valence-corrected chi connectivity index (χ2v) is 7.72. The van der Waals surface area contributed by atoms with Gasteiger partial charge in [-0.25, -0.2) is 0 Å². The summed E-state index contributed by atoms with van der Waals surface area (Å²) in [5.41, 5.74) is 0.972. The zero-order chi connectivity index (χ0) is 17.1. The predicted octanol–water partition coefficient (Wildman–Crippen LogP) is 2.76. The molecule has 1 spiro atoms. The highest BCUT2D eigenvalue weighted by atomic mass is 16.5. The van der Waals surface area contributed by atoms with Gasteiger partial charge in [0, 0.05) is 18.2 Å². The van der Waals surface area contributed by atoms with Crippen LogP contribution in [0.2, 0.25) is 0 Å². The van der Waals surface area contributed by atoms with E-state index in [0.29, 0.717) is 5.75 Å². The van der Waals surface area contributed by atoms with E-state index in [2.05, 4.69) is 18.4 Å². The van der Waals surface area contributed by atoms with Gasteiger partial charge in [-0.3, -0.25) is 4.90 Å². The molecule has 0 unspecified atom stereocenters. The molecule has 2 aliphatic heterocycles. The van der Waals surface area contributed by atoms with E-state index in [9.17, 15) is 10.2 Å². The third kappa shape index (κ3) is 1.76. The molecule has 24 heavy (non-hydrogen) atoms. The highest BCUT2D eigenvalue weighted by Gasteiger charge is 2.67. The standard InChI is InChI=1S/C20H27NO3/c1-4-6-16-20-9-11-21(10-5-2)15(19(20,3)23)12-13-7-8-14(22)18(24-16)17(13)20/h5,7-8,15-16,22-23H,2,4,6,9-12H2,1,3H3/t15-,16+,19-,20-/m1/s1. The minimum atomic E-state index is -0.889. The van der Waals surface area contributed by atoms with Crippen molar-refractivity contribution in [2.24, 2.45) is 0 Å². The number of benzene rings is 1. The summed E-state index contributed by atoms with van der Waals surface area (Å²) in [7, 11) is 0. The van der Waals surface area contributed by atoms with Crippen LogP contribution in [0.3, 0.4) is 0 Å². The Balaban J connectivity index is 1.93. The smallest absolute Gasteiger partial charge is 0.165 e. The van der Waals surface area contributed by atoms with Crippen LogP contribution in [0, 0.1) is 0 Å². The van der Waals surface area contributed by atoms with Gasteiger partial charge in [0.05, 0.1) is 11.0 Å². The van der Waals surface area contributed by atoms with E-state index in [4.69, 9.17) is 4.74 Å². The Morgan fingerprint density at radius 2 is 2.25 bits per heavy atom. The van der Waals surface area contributed by atoms with Crippen LogP contribution in [-0.2, 0) is 11.8 Å². The number of aliphatic hydroxyl groups is 1. The van der Waals surface area contributed by atoms with Gasteiger partial charge in [0.15, 0.2) is 11.5 Å². The molecule has 2 heterocycles. The number of hydrogen-bond acceptors (Lipinski definition) is 4. The number of phenols is 1. The number of nitrogens with zero attached hydrogens (tertiary/aromatic N) is 1. The summed E-state index contributed by atoms with van der Waals surface area (Å²) in [6, 6.07) is 3.81. The van der Waals surface area contributed by atoms with Crippen molar-refractivity contribution in [1.29, 1.82) is 0 Å². The van der Waals surface area contributed by atoms with Crippen molar-refractivity contribution in [3.05, 3.63) is 35.9 Å². The molecule has 130 valence electrons. The van der Waals surface area contributed by atoms with E-state index in [1.165, 1.54) is 5.56 Å². The molecule has 0 radical (unpaired) electrons. The van der Waals surface area contributed by atoms with Gasteiger partial charge in [-0.2, -0.15) is 0 Å². The quantitative estimate of drug-likeness (QED) is 0.834. The second-order valence-electron chi connectivity index (χ2n) is 7.72. The van der Waals surface area contributed by atoms with Crippen molar-refractivity contribution in [3.63, 3.8) is 0 Å². The lowest BCUT2D eigenvalue weighted by molar-refractivity contribution is -0.152. The summed E-state index contributed by atoms with van der Waals surface area (Å²) in [5.74, 6) is 0.816. The van der Waals surface area contributed by atoms with E-state index in [1.807, 2.05) is 19.1 Å². The second kappa shape index (κ2) is 5.24. The molecule has 1 aromatic carbocycles. The van der Waals surface area contributed by atoms with Crippen molar-refractivity contribution in [2.45, 2.75) is 62.7 Å². The third-order valence-electron chi connectivity index (χ3n) is 6.59. The van der Waals surface area contributed by atoms with Gasteiger partial charge in [0.25, 0.3) is 0 Å². The Labute approximate surface area is 143 Å². The maximum Gasteiger partial charge on any atom is 0.165 e. The first-order valence-corrected chi connectivity index (χ1v) is 9.06. The van der Waals surface area contributed by atoms with Crippen LogP contribution in [0.5, 0.6) is 11.5 Å². The van der Waals surface area contributed by atoms with Gasteiger partial charge >= 0.3 is 0 Å². The molecule has 3 aliphatic rings. The molecular formula is C20H27NO3. The van der Waals surface area contributed by atoms with Crippen molar-refractivity contribution in [3.8, 4) is 11.5 Å². The number of aromatic hydroxyl groups is 1. The lowest BCUT2D eigenvalue weighted by Gasteiger charge is -2.59. The molecular weight excluding hydrogens is 302 g/mol. The predicted molar refractivity (Wildman–Crippen MR) is 93.6 cm³/mol. The van der Waals surface area contributed by atoms with E-state index in [0.717, 1.165) is 44.3 Å². The average Bonchev–Trinajstić information content (AvgIpc) is 2.85. The Morgan fingerprint density at radius 3 is 2.96 bits per heavy atom. The molecule has 1 aromatic rings. The Hall–Kier alpha value is -1.52. The Morgan fingerprint density at radius 1 is 1.46 bits per heavy atom. The molecule has 0 aromatic heterocycles. The van der Waals surface area contributed by atoms with Crippen LogP contribution in [0.25, 0.3) is 0 Å². The highest BCUT2D eigenvalue weighted by Crippen LogP contribution is 2.62. The fourth-order valence-corrected chi connectivity index (χ4v) is 5.53. The molecule has 4 nitrogen and oxygen atoms in total. The largest absolute Gasteiger partial charge is 0.504 e. The van der Waals surface area contributed by atoms with Gasteiger partial charge in [-0.05, 0) is 44.4 Å². The van der Waals surface area contributed by atoms with Gasteiger partial charge in [0.1, 0.15) is 6.10 Å². The minimum absolute atomic E-state index is 0.0511. The fraction of sp³-hybridized carbons (Fsp3) is 0.600. The summed E-state index contributed by atoms with van der Waals surface area (Å²) in [6.45, 7) is 9.70. The molecule has 1 fully saturated rings. The summed E-state index contributed by atoms with van der Waals surface area (Å²) >= 11 is 0. The first kappa shape index (κ1) is 16.0. The van der Waals surface area contributed by atoms with E-state index in [1.54, 1.807) is 6.07 Å². The number of piperidine rings is 1. The van der Waals surface area contributed by atoms with Gasteiger partial charge in [-0.1, -0.05) is 25.5 Å². The number of likely N-dealkylation sites (tertiary alicyclic amines) is 1. The van der Waals surface area contributed by atoms with Crippen molar-refractivity contribution < 1.29 is 14.9 Å². The summed E-state index contributed by atoms with van der Waals surface area (Å²) in [4.78, 5) is 2.34. The molecule has 0 amide bonds. The van der Waals surface area contributed by atoms with Gasteiger partial charge in [-0.15, -0.1) is 6.58 Å². The lowest BCUT2D eigenvalue weighted by atomic mass is 9.53. The third-order valence-corrected chi connectivity index (χ3v) is 6.59. The molecule has 2 bridgehead atoms. The number of phenolic OH excluding ortho intramolecular Hbond substituents is 1. The molecule has 4 rings (SSSR count). The molecule has 0 saturated carbocycles. The van der Waals surface area contributed by atoms with E-state index >= 15 is 0 Å². The maximum atomic E-state index is 11.7. The molecule has 2 N–H and O–H groups in total. The summed E-state index contributed by atoms with van der Waals surface area (Å²) in [6.07, 6.45) is 5.35. The van der Waals surface area contributed by atoms with Crippen LogP contribution in [0.1, 0.15) is 44.2 Å². The Kier molecular flexibility index (Phi) is 3.49. The van der Waals surface area contributed by atoms with Crippen LogP contribution in [0.4, 0.5) is 0 Å². The maximum absolute atomic E-state index is 11.7. The number of hydrogen-bond donors (Lipinski definition) is 2. The summed E-state index contributed by atoms with van der Waals surface area (Å²) in [5, 5.41) is 22.1. The van der Waals surface area contributed by atoms with Crippen molar-refractivity contribution in [1.82, 2.24) is 4.90 Å². The van der Waals surface area contributed by atoms with E-state index < -0.39 is 11.0 Å². The number of ether oxygens (including phenoxy) is 1. The van der Waals surface area contributed by atoms with Gasteiger partial charge < -0.3 is 14.9 Å². The average molecular weight is 329 g/mol. The van der Waals surface area contributed by atoms with Gasteiger partial charge in [0.2, 0.25) is 0 Å². The van der Waals surface area contributed by atoms with Crippen LogP contribution >= 0.6 is 0 Å². The topological polar surface area (TPSA) is 52.9 Å². The van der Waals surface area contributed by atoms with Crippen LogP contribution in [-0.4, -0.2) is 45.9 Å². The molecule has 1 aliphatic carbocycles. The Bertz CT molecular complexity index is 684. The molecule has 1 saturated heterocycles. The van der Waals surface area contributed by atoms with Crippen LogP contribution in [0.15, 0.2) is 24.8 Å². The number of fused-ring (bicyclic) bond motifs is 1. The van der Waals surface area contributed by atoms with Crippen LogP contribution < -0.4 is 4.74 Å². The molecule has 4 heteroatoms. The zero-order valence-corrected chi connectivity index (χ0v) is 14.6. The first-order chi connectivity index (χ1) is 11.5. The molecule has 4 atom stereocenters. The van der Waals surface area contributed by atoms with Crippen molar-refractivity contribution in [2.75, 3.05) is 13.1 Å². The monoisotopic (exact) mass is 329 g/mol. The number of rotatable bonds is 4. The SMILES string of the molecule is C=CCN1CC[C@]23c4c(ccc(O)c4O[C@H]2CCC)C[C@@H]1[C@@]3(C)O. The summed E-state index contributed by atoms with van der Waals surface area (Å²) < 4.78 is 6.26. The van der Waals surface area contributed by atoms with E-state index in [-0.39, 0.29) is 17.9 Å².